The normalized spacial score (nSPS) is 12.7. The van der Waals surface area contributed by atoms with Crippen LogP contribution in [0.15, 0.2) is 59.7 Å². The van der Waals surface area contributed by atoms with Gasteiger partial charge in [0.25, 0.3) is 5.91 Å². The Morgan fingerprint density at radius 1 is 1.00 bits per heavy atom. The number of carbonyl (C=O) groups is 1. The summed E-state index contributed by atoms with van der Waals surface area (Å²) in [6.45, 7) is -0.0340. The van der Waals surface area contributed by atoms with E-state index in [2.05, 4.69) is 22.7 Å². The van der Waals surface area contributed by atoms with Crippen LogP contribution in [-0.2, 0) is 17.6 Å². The molecule has 4 heteroatoms. The number of hydrogen-bond acceptors (Lipinski definition) is 3. The second-order valence-corrected chi connectivity index (χ2v) is 4.94. The summed E-state index contributed by atoms with van der Waals surface area (Å²) in [5.41, 5.74) is 6.10. The van der Waals surface area contributed by atoms with Crippen molar-refractivity contribution in [2.75, 3.05) is 6.61 Å². The van der Waals surface area contributed by atoms with E-state index in [-0.39, 0.29) is 12.5 Å². The monoisotopic (exact) mass is 280 g/mol. The largest absolute Gasteiger partial charge is 0.484 e. The highest BCUT2D eigenvalue weighted by Gasteiger charge is 2.16. The highest BCUT2D eigenvalue weighted by Crippen LogP contribution is 2.19. The zero-order valence-corrected chi connectivity index (χ0v) is 11.6. The molecule has 0 bridgehead atoms. The van der Waals surface area contributed by atoms with Gasteiger partial charge in [0.05, 0.1) is 0 Å². The van der Waals surface area contributed by atoms with Crippen molar-refractivity contribution in [3.8, 4) is 5.75 Å². The Morgan fingerprint density at radius 3 is 2.29 bits per heavy atom. The molecule has 0 heterocycles. The van der Waals surface area contributed by atoms with Crippen molar-refractivity contribution < 1.29 is 9.53 Å². The molecule has 0 radical (unpaired) electrons. The smallest absolute Gasteiger partial charge is 0.277 e. The van der Waals surface area contributed by atoms with Crippen LogP contribution < -0.4 is 10.2 Å². The minimum absolute atomic E-state index is 0.0340. The number of nitrogens with one attached hydrogen (secondary N) is 1. The Morgan fingerprint density at radius 2 is 1.62 bits per heavy atom. The van der Waals surface area contributed by atoms with Crippen molar-refractivity contribution in [3.63, 3.8) is 0 Å². The topological polar surface area (TPSA) is 50.7 Å². The zero-order chi connectivity index (χ0) is 14.5. The summed E-state index contributed by atoms with van der Waals surface area (Å²) in [5.74, 6) is 0.427. The lowest BCUT2D eigenvalue weighted by atomic mass is 10.1. The van der Waals surface area contributed by atoms with Gasteiger partial charge in [-0.25, -0.2) is 5.43 Å². The number of fused-ring (bicyclic) bond motifs is 1. The number of ether oxygens (including phenoxy) is 1. The summed E-state index contributed by atoms with van der Waals surface area (Å²) in [7, 11) is 0. The Kier molecular flexibility index (Phi) is 3.96. The Balaban J connectivity index is 1.49. The molecule has 1 amide bonds. The first kappa shape index (κ1) is 13.4. The lowest BCUT2D eigenvalue weighted by Gasteiger charge is -2.04. The van der Waals surface area contributed by atoms with Crippen LogP contribution in [-0.4, -0.2) is 18.2 Å². The third-order valence-corrected chi connectivity index (χ3v) is 3.36. The average molecular weight is 280 g/mol. The van der Waals surface area contributed by atoms with Crippen LogP contribution in [0.2, 0.25) is 0 Å². The fraction of sp³-hybridized carbons (Fsp3) is 0.176. The maximum absolute atomic E-state index is 11.7. The van der Waals surface area contributed by atoms with Gasteiger partial charge in [-0.05, 0) is 23.3 Å². The van der Waals surface area contributed by atoms with Gasteiger partial charge in [0.1, 0.15) is 5.75 Å². The summed E-state index contributed by atoms with van der Waals surface area (Å²) >= 11 is 0. The van der Waals surface area contributed by atoms with Gasteiger partial charge < -0.3 is 4.74 Å². The predicted octanol–water partition coefficient (Wildman–Crippen LogP) is 2.34. The van der Waals surface area contributed by atoms with Crippen LogP contribution >= 0.6 is 0 Å². The van der Waals surface area contributed by atoms with Gasteiger partial charge in [0.2, 0.25) is 0 Å². The molecular weight excluding hydrogens is 264 g/mol. The van der Waals surface area contributed by atoms with Gasteiger partial charge in [-0.3, -0.25) is 4.79 Å². The van der Waals surface area contributed by atoms with Crippen LogP contribution in [0.4, 0.5) is 0 Å². The van der Waals surface area contributed by atoms with E-state index in [1.54, 1.807) is 0 Å². The van der Waals surface area contributed by atoms with Gasteiger partial charge >= 0.3 is 0 Å². The van der Waals surface area contributed by atoms with Crippen molar-refractivity contribution in [2.24, 2.45) is 5.10 Å². The molecule has 21 heavy (non-hydrogen) atoms. The Labute approximate surface area is 123 Å². The number of carbonyl (C=O) groups excluding carboxylic acids is 1. The van der Waals surface area contributed by atoms with E-state index in [1.807, 2.05) is 42.5 Å². The molecule has 0 atom stereocenters. The summed E-state index contributed by atoms with van der Waals surface area (Å²) in [6, 6.07) is 17.5. The van der Waals surface area contributed by atoms with E-state index >= 15 is 0 Å². The molecule has 0 fully saturated rings. The van der Waals surface area contributed by atoms with Crippen LogP contribution in [0.25, 0.3) is 0 Å². The molecule has 0 spiro atoms. The van der Waals surface area contributed by atoms with Gasteiger partial charge in [0.15, 0.2) is 6.61 Å². The van der Waals surface area contributed by atoms with Crippen molar-refractivity contribution in [2.45, 2.75) is 12.8 Å². The number of hydrazone groups is 1. The minimum Gasteiger partial charge on any atom is -0.484 e. The van der Waals surface area contributed by atoms with E-state index in [1.165, 1.54) is 11.1 Å². The average Bonchev–Trinajstić information content (AvgIpc) is 2.95. The molecule has 0 saturated heterocycles. The molecule has 2 aromatic carbocycles. The third kappa shape index (κ3) is 3.48. The second kappa shape index (κ2) is 6.22. The van der Waals surface area contributed by atoms with Crippen LogP contribution in [0.5, 0.6) is 5.75 Å². The summed E-state index contributed by atoms with van der Waals surface area (Å²) in [5, 5.41) is 4.19. The van der Waals surface area contributed by atoms with Gasteiger partial charge in [0, 0.05) is 18.6 Å². The quantitative estimate of drug-likeness (QED) is 0.874. The van der Waals surface area contributed by atoms with Crippen molar-refractivity contribution in [3.05, 3.63) is 65.7 Å². The molecule has 3 rings (SSSR count). The van der Waals surface area contributed by atoms with Crippen LogP contribution in [0.3, 0.4) is 0 Å². The summed E-state index contributed by atoms with van der Waals surface area (Å²) < 4.78 is 5.36. The Hall–Kier alpha value is -2.62. The SMILES string of the molecule is O=C(COc1ccccc1)NN=C1Cc2ccccc2C1. The molecule has 0 aromatic heterocycles. The fourth-order valence-electron chi connectivity index (χ4n) is 2.32. The van der Waals surface area contributed by atoms with E-state index in [0.717, 1.165) is 18.6 Å². The Bertz CT molecular complexity index is 639. The highest BCUT2D eigenvalue weighted by molar-refractivity contribution is 5.93. The fourth-order valence-corrected chi connectivity index (χ4v) is 2.32. The highest BCUT2D eigenvalue weighted by atomic mass is 16.5. The summed E-state index contributed by atoms with van der Waals surface area (Å²) in [4.78, 5) is 11.7. The van der Waals surface area contributed by atoms with E-state index < -0.39 is 0 Å². The maximum atomic E-state index is 11.7. The maximum Gasteiger partial charge on any atom is 0.277 e. The third-order valence-electron chi connectivity index (χ3n) is 3.36. The lowest BCUT2D eigenvalue weighted by Crippen LogP contribution is -2.25. The van der Waals surface area contributed by atoms with Crippen molar-refractivity contribution >= 4 is 11.6 Å². The molecule has 2 aromatic rings. The zero-order valence-electron chi connectivity index (χ0n) is 11.6. The number of benzene rings is 2. The molecular formula is C17H16N2O2. The van der Waals surface area contributed by atoms with E-state index in [0.29, 0.717) is 5.75 Å². The van der Waals surface area contributed by atoms with Crippen molar-refractivity contribution in [1.82, 2.24) is 5.43 Å². The van der Waals surface area contributed by atoms with Crippen LogP contribution in [0, 0.1) is 0 Å². The van der Waals surface area contributed by atoms with Crippen molar-refractivity contribution in [1.29, 1.82) is 0 Å². The standard InChI is InChI=1S/C17H16N2O2/c20-17(12-21-16-8-2-1-3-9-16)19-18-15-10-13-6-4-5-7-14(13)11-15/h1-9H,10-12H2,(H,19,20). The first-order valence-corrected chi connectivity index (χ1v) is 6.90. The van der Waals surface area contributed by atoms with E-state index in [9.17, 15) is 4.79 Å². The first-order valence-electron chi connectivity index (χ1n) is 6.90. The number of rotatable bonds is 4. The minimum atomic E-state index is -0.248. The number of hydrogen-bond donors (Lipinski definition) is 1. The molecule has 1 aliphatic carbocycles. The molecule has 106 valence electrons. The number of para-hydroxylation sites is 1. The van der Waals surface area contributed by atoms with Gasteiger partial charge in [-0.2, -0.15) is 5.10 Å². The molecule has 0 unspecified atom stereocenters. The van der Waals surface area contributed by atoms with Gasteiger partial charge in [-0.15, -0.1) is 0 Å². The molecule has 4 nitrogen and oxygen atoms in total. The molecule has 1 aliphatic rings. The number of nitrogens with zero attached hydrogens (tertiary/aromatic N) is 1. The predicted molar refractivity (Wildman–Crippen MR) is 81.4 cm³/mol. The first-order chi connectivity index (χ1) is 10.3. The molecule has 0 saturated carbocycles. The molecule has 1 N–H and O–H groups in total. The van der Waals surface area contributed by atoms with Gasteiger partial charge in [-0.1, -0.05) is 42.5 Å². The molecule has 0 aliphatic heterocycles. The summed E-state index contributed by atoms with van der Waals surface area (Å²) in [6.07, 6.45) is 1.60. The second-order valence-electron chi connectivity index (χ2n) is 4.94. The van der Waals surface area contributed by atoms with E-state index in [4.69, 9.17) is 4.74 Å². The lowest BCUT2D eigenvalue weighted by molar-refractivity contribution is -0.123. The number of amides is 1. The van der Waals surface area contributed by atoms with Crippen LogP contribution in [0.1, 0.15) is 11.1 Å².